The number of methoxy groups -OCH3 is 1. The van der Waals surface area contributed by atoms with Gasteiger partial charge in [0.2, 0.25) is 11.8 Å². The summed E-state index contributed by atoms with van der Waals surface area (Å²) in [5.74, 6) is -1.77. The van der Waals surface area contributed by atoms with Gasteiger partial charge in [0.05, 0.1) is 18.5 Å². The van der Waals surface area contributed by atoms with Crippen LogP contribution in [0.5, 0.6) is 11.8 Å². The van der Waals surface area contributed by atoms with E-state index in [1.54, 1.807) is 88.3 Å². The Bertz CT molecular complexity index is 1730. The first-order valence-electron chi connectivity index (χ1n) is 17.8. The van der Waals surface area contributed by atoms with Crippen molar-refractivity contribution in [3.8, 4) is 11.8 Å². The Balaban J connectivity index is 0.000000583. The van der Waals surface area contributed by atoms with Crippen molar-refractivity contribution in [2.75, 3.05) is 17.3 Å². The number of esters is 1. The summed E-state index contributed by atoms with van der Waals surface area (Å²) in [7, 11) is 1.17. The van der Waals surface area contributed by atoms with Gasteiger partial charge in [-0.05, 0) is 102 Å². The average Bonchev–Trinajstić information content (AvgIpc) is 3.01. The van der Waals surface area contributed by atoms with Gasteiger partial charge in [0, 0.05) is 24.0 Å². The van der Waals surface area contributed by atoms with E-state index in [1.807, 2.05) is 13.8 Å². The number of nitrogens with zero attached hydrogens (tertiary/aromatic N) is 3. The molecule has 2 atom stereocenters. The van der Waals surface area contributed by atoms with Crippen LogP contribution >= 0.6 is 0 Å². The van der Waals surface area contributed by atoms with Gasteiger partial charge in [0.15, 0.2) is 11.4 Å². The fraction of sp³-hybridized carbons (Fsp3) is 0.525. The lowest BCUT2D eigenvalue weighted by Gasteiger charge is -2.29. The number of hydrogen-bond donors (Lipinski definition) is 2. The summed E-state index contributed by atoms with van der Waals surface area (Å²) >= 11 is 0. The quantitative estimate of drug-likeness (QED) is 0.117. The molecule has 16 heteroatoms. The highest BCUT2D eigenvalue weighted by Crippen LogP contribution is 2.31. The standard InChI is InChI=1S/C23H34N2O7.C17H24N2O5/c1-11-12-15(3)30-18-14(2)13-16(17(24-18)19(26)29-10)25(20(27)31-22(4,5)6)21(28)32-23(7,8)9;1-7-8-11(3)23-14-10(2)9-12(13(19-14)15(20)21)18-16(22)24-17(4,5)6/h11,13,15H,1,12H2,2-10H3;7,9,11H,1,8H2,2-6H3,(H,18,22)(H,20,21)/t15-;11-/m11/s1. The number of aryl methyl sites for hydroxylation is 2. The number of imide groups is 1. The van der Waals surface area contributed by atoms with Gasteiger partial charge in [-0.15, -0.1) is 13.2 Å². The number of anilines is 2. The van der Waals surface area contributed by atoms with Crippen molar-refractivity contribution < 1.29 is 57.5 Å². The third-order valence-corrected chi connectivity index (χ3v) is 6.55. The summed E-state index contributed by atoms with van der Waals surface area (Å²) in [6.07, 6.45) is 1.31. The molecular formula is C40H58N4O12. The lowest BCUT2D eigenvalue weighted by Crippen LogP contribution is -2.44. The molecule has 0 bridgehead atoms. The topological polar surface area (TPSA) is 202 Å². The Morgan fingerprint density at radius 2 is 1.16 bits per heavy atom. The highest BCUT2D eigenvalue weighted by molar-refractivity contribution is 6.13. The maximum atomic E-state index is 13.0. The van der Waals surface area contributed by atoms with Crippen molar-refractivity contribution in [1.29, 1.82) is 0 Å². The summed E-state index contributed by atoms with van der Waals surface area (Å²) in [6.45, 7) is 29.4. The molecule has 0 saturated heterocycles. The third kappa shape index (κ3) is 16.4. The molecule has 310 valence electrons. The van der Waals surface area contributed by atoms with Crippen LogP contribution in [-0.4, -0.2) is 81.4 Å². The van der Waals surface area contributed by atoms with Crippen LogP contribution in [0.4, 0.5) is 25.8 Å². The van der Waals surface area contributed by atoms with Gasteiger partial charge in [0.25, 0.3) is 0 Å². The number of carboxylic acids is 1. The Morgan fingerprint density at radius 3 is 1.54 bits per heavy atom. The average molecular weight is 787 g/mol. The monoisotopic (exact) mass is 786 g/mol. The molecular weight excluding hydrogens is 728 g/mol. The van der Waals surface area contributed by atoms with E-state index in [0.29, 0.717) is 28.9 Å². The van der Waals surface area contributed by atoms with Gasteiger partial charge in [-0.1, -0.05) is 12.2 Å². The Kier molecular flexibility index (Phi) is 17.5. The first-order valence-corrected chi connectivity index (χ1v) is 17.8. The van der Waals surface area contributed by atoms with Gasteiger partial charge in [-0.2, -0.15) is 4.90 Å². The molecule has 2 aromatic heterocycles. The number of nitrogens with one attached hydrogen (secondary N) is 1. The molecule has 2 heterocycles. The summed E-state index contributed by atoms with van der Waals surface area (Å²) < 4.78 is 32.2. The molecule has 56 heavy (non-hydrogen) atoms. The van der Waals surface area contributed by atoms with Crippen LogP contribution in [0.3, 0.4) is 0 Å². The third-order valence-electron chi connectivity index (χ3n) is 6.55. The van der Waals surface area contributed by atoms with Crippen LogP contribution < -0.4 is 19.7 Å². The molecule has 2 rings (SSSR count). The maximum Gasteiger partial charge on any atom is 0.424 e. The highest BCUT2D eigenvalue weighted by atomic mass is 16.6. The van der Waals surface area contributed by atoms with Gasteiger partial charge >= 0.3 is 30.2 Å². The highest BCUT2D eigenvalue weighted by Gasteiger charge is 2.37. The SMILES string of the molecule is C=CC[C@@H](C)Oc1nc(C(=O)O)c(NC(=O)OC(C)(C)C)cc1C.C=CC[C@@H](C)Oc1nc(C(=O)OC)c(N(C(=O)OC(C)(C)C)C(=O)OC(C)(C)C)cc1C. The smallest absolute Gasteiger partial charge is 0.424 e. The zero-order chi connectivity index (χ0) is 43.3. The van der Waals surface area contributed by atoms with Crippen LogP contribution in [0, 0.1) is 13.8 Å². The van der Waals surface area contributed by atoms with Gasteiger partial charge < -0.3 is 33.5 Å². The fourth-order valence-corrected chi connectivity index (χ4v) is 4.34. The number of aromatic nitrogens is 2. The Morgan fingerprint density at radius 1 is 0.750 bits per heavy atom. The van der Waals surface area contributed by atoms with Crippen LogP contribution in [0.25, 0.3) is 0 Å². The molecule has 0 fully saturated rings. The predicted molar refractivity (Wildman–Crippen MR) is 211 cm³/mol. The molecule has 0 unspecified atom stereocenters. The molecule has 3 amide bonds. The molecule has 0 saturated carbocycles. The molecule has 16 nitrogen and oxygen atoms in total. The normalized spacial score (nSPS) is 12.3. The number of ether oxygens (including phenoxy) is 6. The number of pyridine rings is 2. The number of rotatable bonds is 12. The number of carboxylic acid groups (broad SMARTS) is 1. The maximum absolute atomic E-state index is 13.0. The van der Waals surface area contributed by atoms with Crippen molar-refractivity contribution in [2.24, 2.45) is 0 Å². The number of hydrogen-bond acceptors (Lipinski definition) is 13. The van der Waals surface area contributed by atoms with Crippen LogP contribution in [0.15, 0.2) is 37.4 Å². The second kappa shape index (κ2) is 20.3. The minimum Gasteiger partial charge on any atom is -0.476 e. The lowest BCUT2D eigenvalue weighted by atomic mass is 10.2. The molecule has 0 aromatic carbocycles. The first-order chi connectivity index (χ1) is 25.6. The van der Waals surface area contributed by atoms with Crippen molar-refractivity contribution >= 4 is 41.6 Å². The van der Waals surface area contributed by atoms with Gasteiger partial charge in [0.1, 0.15) is 29.0 Å². The van der Waals surface area contributed by atoms with Crippen molar-refractivity contribution in [3.63, 3.8) is 0 Å². The van der Waals surface area contributed by atoms with Gasteiger partial charge in [-0.3, -0.25) is 5.32 Å². The van der Waals surface area contributed by atoms with E-state index in [1.165, 1.54) is 19.2 Å². The zero-order valence-corrected chi connectivity index (χ0v) is 35.1. The summed E-state index contributed by atoms with van der Waals surface area (Å²) in [4.78, 5) is 70.7. The van der Waals surface area contributed by atoms with E-state index >= 15 is 0 Å². The lowest BCUT2D eigenvalue weighted by molar-refractivity contribution is 0.0427. The van der Waals surface area contributed by atoms with E-state index in [4.69, 9.17) is 28.4 Å². The number of amides is 3. The molecule has 0 spiro atoms. The molecule has 0 aliphatic heterocycles. The molecule has 0 radical (unpaired) electrons. The minimum absolute atomic E-state index is 0.0537. The summed E-state index contributed by atoms with van der Waals surface area (Å²) in [6, 6.07) is 2.93. The van der Waals surface area contributed by atoms with Crippen LogP contribution in [-0.2, 0) is 18.9 Å². The van der Waals surface area contributed by atoms with Gasteiger partial charge in [-0.25, -0.2) is 33.9 Å². The fourth-order valence-electron chi connectivity index (χ4n) is 4.34. The minimum atomic E-state index is -1.28. The van der Waals surface area contributed by atoms with E-state index in [-0.39, 0.29) is 46.7 Å². The van der Waals surface area contributed by atoms with Crippen LogP contribution in [0.1, 0.15) is 121 Å². The predicted octanol–water partition coefficient (Wildman–Crippen LogP) is 8.98. The number of carbonyl (C=O) groups is 5. The number of carbonyl (C=O) groups excluding carboxylic acids is 4. The van der Waals surface area contributed by atoms with E-state index in [2.05, 4.69) is 28.4 Å². The van der Waals surface area contributed by atoms with Crippen molar-refractivity contribution in [3.05, 3.63) is 60.0 Å². The zero-order valence-electron chi connectivity index (χ0n) is 35.1. The summed E-state index contributed by atoms with van der Waals surface area (Å²) in [5.41, 5.74) is -2.12. The largest absolute Gasteiger partial charge is 0.476 e. The second-order valence-corrected chi connectivity index (χ2v) is 15.6. The van der Waals surface area contributed by atoms with Crippen LogP contribution in [0.2, 0.25) is 0 Å². The van der Waals surface area contributed by atoms with E-state index in [9.17, 15) is 29.1 Å². The Labute approximate surface area is 329 Å². The Hall–Kier alpha value is -5.67. The van der Waals surface area contributed by atoms with E-state index in [0.717, 1.165) is 0 Å². The van der Waals surface area contributed by atoms with Crippen molar-refractivity contribution in [2.45, 2.75) is 132 Å². The number of aromatic carboxylic acids is 1. The molecule has 2 aromatic rings. The van der Waals surface area contributed by atoms with Crippen molar-refractivity contribution in [1.82, 2.24) is 9.97 Å². The van der Waals surface area contributed by atoms with E-state index < -0.39 is 47.0 Å². The molecule has 0 aliphatic carbocycles. The summed E-state index contributed by atoms with van der Waals surface area (Å²) in [5, 5.41) is 11.8. The molecule has 2 N–H and O–H groups in total. The second-order valence-electron chi connectivity index (χ2n) is 15.6. The first kappa shape index (κ1) is 48.3. The molecule has 0 aliphatic rings.